The topological polar surface area (TPSA) is 149 Å². The molecule has 0 aliphatic heterocycles. The van der Waals surface area contributed by atoms with Gasteiger partial charge < -0.3 is 14.3 Å². The van der Waals surface area contributed by atoms with E-state index in [0.717, 1.165) is 7.11 Å². The van der Waals surface area contributed by atoms with Crippen LogP contribution in [0.25, 0.3) is 0 Å². The molecule has 0 amide bonds. The van der Waals surface area contributed by atoms with Crippen molar-refractivity contribution in [1.29, 1.82) is 0 Å². The fourth-order valence-corrected chi connectivity index (χ4v) is 6.06. The lowest BCUT2D eigenvalue weighted by atomic mass is 10.4. The van der Waals surface area contributed by atoms with Crippen molar-refractivity contribution in [2.24, 2.45) is 0 Å². The average Bonchev–Trinajstić information content (AvgIpc) is 2.84. The summed E-state index contributed by atoms with van der Waals surface area (Å²) in [4.78, 5) is 12.5. The molecule has 2 aromatic carbocycles. The number of anilines is 1. The molecule has 0 unspecified atom stereocenters. The van der Waals surface area contributed by atoms with Gasteiger partial charge in [0.05, 0.1) is 30.3 Å². The Bertz CT molecular complexity index is 1490. The van der Waals surface area contributed by atoms with Crippen molar-refractivity contribution >= 4 is 55.2 Å². The summed E-state index contributed by atoms with van der Waals surface area (Å²) in [6.07, 6.45) is 0. The predicted molar refractivity (Wildman–Crippen MR) is 131 cm³/mol. The van der Waals surface area contributed by atoms with E-state index in [1.165, 1.54) is 68.8 Å². The maximum Gasteiger partial charge on any atom is 0.421 e. The van der Waals surface area contributed by atoms with Gasteiger partial charge in [0.1, 0.15) is 16.9 Å². The molecule has 1 heterocycles. The molecule has 0 fully saturated rings. The summed E-state index contributed by atoms with van der Waals surface area (Å²) < 4.78 is 65.9. The summed E-state index contributed by atoms with van der Waals surface area (Å²) in [6.45, 7) is 0. The minimum Gasteiger partial charge on any atom is -0.481 e. The van der Waals surface area contributed by atoms with Crippen molar-refractivity contribution < 1.29 is 35.3 Å². The van der Waals surface area contributed by atoms with Crippen LogP contribution in [0, 0.1) is 0 Å². The van der Waals surface area contributed by atoms with Crippen LogP contribution in [0.4, 0.5) is 5.95 Å². The summed E-state index contributed by atoms with van der Waals surface area (Å²) in [5, 5.41) is 2.26. The molecule has 12 nitrogen and oxygen atoms in total. The van der Waals surface area contributed by atoms with Crippen molar-refractivity contribution in [2.45, 2.75) is 9.79 Å². The number of halogens is 2. The number of benzene rings is 2. The van der Waals surface area contributed by atoms with E-state index in [1.807, 2.05) is 0 Å². The highest BCUT2D eigenvalue weighted by atomic mass is 35.5. The van der Waals surface area contributed by atoms with Gasteiger partial charge in [0.2, 0.25) is 11.8 Å². The highest BCUT2D eigenvalue weighted by molar-refractivity contribution is 7.90. The predicted octanol–water partition coefficient (Wildman–Crippen LogP) is 2.51. The maximum atomic E-state index is 13.5. The second kappa shape index (κ2) is 11.2. The summed E-state index contributed by atoms with van der Waals surface area (Å²) in [7, 11) is -5.39. The van der Waals surface area contributed by atoms with Crippen molar-refractivity contribution in [2.75, 3.05) is 26.6 Å². The number of aromatic nitrogens is 2. The Labute approximate surface area is 217 Å². The lowest BCUT2D eigenvalue weighted by Crippen LogP contribution is -2.45. The van der Waals surface area contributed by atoms with E-state index in [4.69, 9.17) is 37.5 Å². The summed E-state index contributed by atoms with van der Waals surface area (Å²) in [5.41, 5.74) is 0. The minimum atomic E-state index is -4.60. The molecule has 36 heavy (non-hydrogen) atoms. The standard InChI is InChI=1S/C20H19Cl2N5O7S2/c1-32-17-12-18(33-2)24-19(23-17)25-20(26-35(28,29)15-10-6-4-8-13(15)21)27(34-3)36(30,31)16-11-7-5-9-14(16)22/h4-12H,1-3H3,(H,23,24,25,26)/p+1. The molecule has 0 radical (unpaired) electrons. The summed E-state index contributed by atoms with van der Waals surface area (Å²) in [5.74, 6) is -0.946. The van der Waals surface area contributed by atoms with Crippen LogP contribution < -0.4 is 19.5 Å². The molecule has 3 rings (SSSR count). The van der Waals surface area contributed by atoms with Gasteiger partial charge in [-0.05, 0) is 24.3 Å². The van der Waals surface area contributed by atoms with Gasteiger partial charge in [0, 0.05) is 4.14 Å². The molecule has 1 aromatic heterocycles. The van der Waals surface area contributed by atoms with Gasteiger partial charge in [-0.3, -0.25) is 0 Å². The zero-order valence-corrected chi connectivity index (χ0v) is 22.1. The molecule has 3 aromatic rings. The maximum absolute atomic E-state index is 13.5. The fraction of sp³-hybridized carbons (Fsp3) is 0.150. The molecular weight excluding hydrogens is 557 g/mol. The second-order valence-electron chi connectivity index (χ2n) is 6.63. The van der Waals surface area contributed by atoms with Crippen LogP contribution in [0.3, 0.4) is 0 Å². The molecule has 192 valence electrons. The summed E-state index contributed by atoms with van der Waals surface area (Å²) in [6, 6.07) is 12.4. The van der Waals surface area contributed by atoms with E-state index in [1.54, 1.807) is 0 Å². The third-order valence-electron chi connectivity index (χ3n) is 4.37. The van der Waals surface area contributed by atoms with Gasteiger partial charge in [-0.15, -0.1) is 0 Å². The Balaban J connectivity index is 2.24. The molecule has 0 spiro atoms. The smallest absolute Gasteiger partial charge is 0.421 e. The molecule has 0 saturated carbocycles. The lowest BCUT2D eigenvalue weighted by molar-refractivity contribution is -0.667. The van der Waals surface area contributed by atoms with Gasteiger partial charge in [-0.25, -0.2) is 5.32 Å². The number of rotatable bonds is 8. The van der Waals surface area contributed by atoms with E-state index >= 15 is 0 Å². The Morgan fingerprint density at radius 1 is 0.833 bits per heavy atom. The van der Waals surface area contributed by atoms with Gasteiger partial charge in [0.15, 0.2) is 0 Å². The first-order valence-electron chi connectivity index (χ1n) is 9.76. The number of guanidine groups is 1. The average molecular weight is 577 g/mol. The third-order valence-corrected chi connectivity index (χ3v) is 8.33. The van der Waals surface area contributed by atoms with E-state index in [-0.39, 0.29) is 41.7 Å². The number of nitrogens with one attached hydrogen (secondary N) is 2. The normalized spacial score (nSPS) is 12.4. The Morgan fingerprint density at radius 2 is 1.33 bits per heavy atom. The third kappa shape index (κ3) is 5.90. The van der Waals surface area contributed by atoms with E-state index in [0.29, 0.717) is 0 Å². The second-order valence-corrected chi connectivity index (χ2v) is 10.8. The first-order valence-corrected chi connectivity index (χ1v) is 13.4. The van der Waals surface area contributed by atoms with Crippen molar-refractivity contribution in [3.05, 3.63) is 64.6 Å². The van der Waals surface area contributed by atoms with E-state index in [2.05, 4.69) is 20.0 Å². The molecule has 0 aliphatic rings. The van der Waals surface area contributed by atoms with E-state index < -0.39 is 26.0 Å². The van der Waals surface area contributed by atoms with Crippen LogP contribution in [0.15, 0.2) is 64.4 Å². The van der Waals surface area contributed by atoms with Gasteiger partial charge in [-0.1, -0.05) is 47.5 Å². The quantitative estimate of drug-likeness (QED) is 0.177. The largest absolute Gasteiger partial charge is 0.481 e. The highest BCUT2D eigenvalue weighted by Gasteiger charge is 2.36. The molecular formula is C20H20Cl2N5O7S2+. The van der Waals surface area contributed by atoms with Gasteiger partial charge in [0.25, 0.3) is 5.95 Å². The fourth-order valence-electron chi connectivity index (χ4n) is 2.78. The zero-order valence-electron chi connectivity index (χ0n) is 19.0. The van der Waals surface area contributed by atoms with Crippen molar-refractivity contribution in [1.82, 2.24) is 14.7 Å². The van der Waals surface area contributed by atoms with Crippen molar-refractivity contribution in [3.63, 3.8) is 0 Å². The summed E-state index contributed by atoms with van der Waals surface area (Å²) >= 11 is 12.2. The number of hydrogen-bond donors (Lipinski definition) is 2. The van der Waals surface area contributed by atoms with Crippen LogP contribution in [0.5, 0.6) is 11.8 Å². The first-order chi connectivity index (χ1) is 17.0. The molecule has 2 N–H and O–H groups in total. The van der Waals surface area contributed by atoms with Crippen LogP contribution >= 0.6 is 23.2 Å². The van der Waals surface area contributed by atoms with Crippen molar-refractivity contribution in [3.8, 4) is 11.8 Å². The molecule has 0 aliphatic carbocycles. The molecule has 0 bridgehead atoms. The number of hydrogen-bond acceptors (Lipinski definition) is 9. The van der Waals surface area contributed by atoms with Gasteiger partial charge >= 0.3 is 26.0 Å². The number of methoxy groups -OCH3 is 2. The Hall–Kier alpha value is -3.33. The van der Waals surface area contributed by atoms with Gasteiger partial charge in [-0.2, -0.15) is 31.5 Å². The number of nitrogens with zero attached hydrogens (tertiary/aromatic N) is 3. The first kappa shape index (κ1) is 27.3. The molecule has 16 heteroatoms. The van der Waals surface area contributed by atoms with E-state index in [9.17, 15) is 16.8 Å². The number of sulfonamides is 2. The van der Waals surface area contributed by atoms with Crippen LogP contribution in [0.2, 0.25) is 10.0 Å². The molecule has 0 atom stereocenters. The zero-order chi connectivity index (χ0) is 26.5. The highest BCUT2D eigenvalue weighted by Crippen LogP contribution is 2.24. The monoisotopic (exact) mass is 576 g/mol. The number of ether oxygens (including phenoxy) is 2. The van der Waals surface area contributed by atoms with Crippen LogP contribution in [0.1, 0.15) is 0 Å². The Kier molecular flexibility index (Phi) is 8.45. The molecule has 0 saturated heterocycles. The minimum absolute atomic E-state index is 0.0376. The van der Waals surface area contributed by atoms with Crippen LogP contribution in [-0.2, 0) is 24.9 Å². The van der Waals surface area contributed by atoms with Crippen LogP contribution in [-0.4, -0.2) is 58.2 Å². The SMILES string of the molecule is COc1cc(OC)nc(NC(NS(=O)(=O)c2ccccc2Cl)=[N+](OC)S(=O)(=O)c2ccccc2Cl)n1. The lowest BCUT2D eigenvalue weighted by Gasteiger charge is -2.13. The Morgan fingerprint density at radius 3 is 1.81 bits per heavy atom.